The number of nitriles is 1. The molecule has 1 heterocycles. The summed E-state index contributed by atoms with van der Waals surface area (Å²) in [5.74, 6) is -0.386. The average Bonchev–Trinajstić information content (AvgIpc) is 2.67. The summed E-state index contributed by atoms with van der Waals surface area (Å²) in [7, 11) is -3.60. The van der Waals surface area contributed by atoms with Crippen molar-refractivity contribution in [3.63, 3.8) is 0 Å². The lowest BCUT2D eigenvalue weighted by Crippen LogP contribution is -2.50. The lowest BCUT2D eigenvalue weighted by atomic mass is 9.90. The van der Waals surface area contributed by atoms with E-state index in [4.69, 9.17) is 4.74 Å². The molecule has 0 radical (unpaired) electrons. The Bertz CT molecular complexity index is 813. The predicted molar refractivity (Wildman–Crippen MR) is 102 cm³/mol. The third-order valence-corrected chi connectivity index (χ3v) is 6.58. The van der Waals surface area contributed by atoms with E-state index in [1.54, 1.807) is 19.1 Å². The molecule has 0 aliphatic carbocycles. The van der Waals surface area contributed by atoms with E-state index < -0.39 is 15.6 Å². The molecule has 1 aromatic carbocycles. The molecule has 1 amide bonds. The van der Waals surface area contributed by atoms with Crippen molar-refractivity contribution >= 4 is 21.6 Å². The lowest BCUT2D eigenvalue weighted by molar-refractivity contribution is -0.121. The summed E-state index contributed by atoms with van der Waals surface area (Å²) in [4.78, 5) is 12.3. The minimum absolute atomic E-state index is 0.0477. The van der Waals surface area contributed by atoms with Gasteiger partial charge in [-0.15, -0.1) is 0 Å². The van der Waals surface area contributed by atoms with Crippen molar-refractivity contribution < 1.29 is 17.9 Å². The highest BCUT2D eigenvalue weighted by Gasteiger charge is 2.30. The maximum atomic E-state index is 12.7. The van der Waals surface area contributed by atoms with Crippen molar-refractivity contribution in [2.45, 2.75) is 31.2 Å². The zero-order valence-corrected chi connectivity index (χ0v) is 16.7. The van der Waals surface area contributed by atoms with Gasteiger partial charge in [-0.1, -0.05) is 19.9 Å². The number of rotatable bonds is 7. The van der Waals surface area contributed by atoms with E-state index >= 15 is 0 Å². The van der Waals surface area contributed by atoms with E-state index in [9.17, 15) is 18.5 Å². The number of nitrogens with zero attached hydrogens (tertiary/aromatic N) is 2. The average molecular weight is 394 g/mol. The summed E-state index contributed by atoms with van der Waals surface area (Å²) in [5.41, 5.74) is -0.442. The standard InChI is InChI=1S/C18H26N4O4S/c1-14(2)18(3,13-19)21-17(23)12-20-15-5-4-6-16(11-15)27(24,25)22-7-9-26-10-8-22/h4-6,11,14,20H,7-10,12H2,1-3H3,(H,21,23). The first-order valence-corrected chi connectivity index (χ1v) is 10.3. The van der Waals surface area contributed by atoms with E-state index in [1.807, 2.05) is 13.8 Å². The number of carbonyl (C=O) groups excluding carboxylic acids is 1. The summed E-state index contributed by atoms with van der Waals surface area (Å²) < 4.78 is 32.0. The Kier molecular flexibility index (Phi) is 6.81. The fourth-order valence-electron chi connectivity index (χ4n) is 2.52. The van der Waals surface area contributed by atoms with Crippen molar-refractivity contribution in [3.8, 4) is 6.07 Å². The molecule has 1 aliphatic heterocycles. The van der Waals surface area contributed by atoms with Crippen LogP contribution in [0.1, 0.15) is 20.8 Å². The molecule has 1 atom stereocenters. The van der Waals surface area contributed by atoms with Crippen LogP contribution < -0.4 is 10.6 Å². The fourth-order valence-corrected chi connectivity index (χ4v) is 3.97. The van der Waals surface area contributed by atoms with Crippen LogP contribution in [0, 0.1) is 17.2 Å². The third-order valence-electron chi connectivity index (χ3n) is 4.68. The second kappa shape index (κ2) is 8.69. The zero-order chi connectivity index (χ0) is 20.1. The molecule has 1 aliphatic rings. The molecule has 0 aromatic heterocycles. The van der Waals surface area contributed by atoms with Crippen molar-refractivity contribution in [1.29, 1.82) is 5.26 Å². The number of ether oxygens (including phenoxy) is 1. The second-order valence-corrected chi connectivity index (χ2v) is 8.85. The third kappa shape index (κ3) is 5.19. The van der Waals surface area contributed by atoms with Crippen molar-refractivity contribution in [2.24, 2.45) is 5.92 Å². The molecule has 0 spiro atoms. The van der Waals surface area contributed by atoms with E-state index in [1.165, 1.54) is 16.4 Å². The van der Waals surface area contributed by atoms with Gasteiger partial charge in [-0.3, -0.25) is 4.79 Å². The highest BCUT2D eigenvalue weighted by molar-refractivity contribution is 7.89. The van der Waals surface area contributed by atoms with E-state index in [0.717, 1.165) is 0 Å². The van der Waals surface area contributed by atoms with Gasteiger partial charge in [0.1, 0.15) is 5.54 Å². The minimum Gasteiger partial charge on any atom is -0.379 e. The first-order chi connectivity index (χ1) is 12.7. The molecule has 1 unspecified atom stereocenters. The van der Waals surface area contributed by atoms with Gasteiger partial charge in [0.15, 0.2) is 0 Å². The van der Waals surface area contributed by atoms with Crippen LogP contribution in [0.2, 0.25) is 0 Å². The molecule has 27 heavy (non-hydrogen) atoms. The normalized spacial score (nSPS) is 17.7. The summed E-state index contributed by atoms with van der Waals surface area (Å²) in [6.45, 7) is 6.73. The Labute approximate surface area is 160 Å². The van der Waals surface area contributed by atoms with Gasteiger partial charge in [-0.25, -0.2) is 8.42 Å². The molecule has 1 aromatic rings. The number of benzene rings is 1. The van der Waals surface area contributed by atoms with Crippen LogP contribution in [-0.4, -0.2) is 57.0 Å². The maximum absolute atomic E-state index is 12.7. The van der Waals surface area contributed by atoms with Gasteiger partial charge in [-0.2, -0.15) is 9.57 Å². The minimum atomic E-state index is -3.60. The van der Waals surface area contributed by atoms with E-state index in [0.29, 0.717) is 32.0 Å². The number of nitrogens with one attached hydrogen (secondary N) is 2. The summed E-state index contributed by atoms with van der Waals surface area (Å²) in [5, 5.41) is 14.9. The molecule has 0 bridgehead atoms. The largest absolute Gasteiger partial charge is 0.379 e. The van der Waals surface area contributed by atoms with Crippen LogP contribution in [0.25, 0.3) is 0 Å². The maximum Gasteiger partial charge on any atom is 0.243 e. The van der Waals surface area contributed by atoms with Gasteiger partial charge in [0.2, 0.25) is 15.9 Å². The first-order valence-electron chi connectivity index (χ1n) is 8.83. The first kappa shape index (κ1) is 21.2. The van der Waals surface area contributed by atoms with E-state index in [-0.39, 0.29) is 23.3 Å². The summed E-state index contributed by atoms with van der Waals surface area (Å²) in [6.07, 6.45) is 0. The highest BCUT2D eigenvalue weighted by atomic mass is 32.2. The van der Waals surface area contributed by atoms with Gasteiger partial charge >= 0.3 is 0 Å². The highest BCUT2D eigenvalue weighted by Crippen LogP contribution is 2.20. The quantitative estimate of drug-likeness (QED) is 0.718. The Morgan fingerprint density at radius 3 is 2.63 bits per heavy atom. The van der Waals surface area contributed by atoms with Crippen LogP contribution in [0.15, 0.2) is 29.2 Å². The van der Waals surface area contributed by atoms with E-state index in [2.05, 4.69) is 16.7 Å². The molecule has 1 saturated heterocycles. The van der Waals surface area contributed by atoms with Crippen LogP contribution in [-0.2, 0) is 19.6 Å². The molecular weight excluding hydrogens is 368 g/mol. The van der Waals surface area contributed by atoms with Crippen LogP contribution >= 0.6 is 0 Å². The van der Waals surface area contributed by atoms with Crippen LogP contribution in [0.3, 0.4) is 0 Å². The Balaban J connectivity index is 2.04. The van der Waals surface area contributed by atoms with Crippen molar-refractivity contribution in [3.05, 3.63) is 24.3 Å². The number of sulfonamides is 1. The molecule has 1 fully saturated rings. The number of hydrogen-bond acceptors (Lipinski definition) is 6. The van der Waals surface area contributed by atoms with Crippen molar-refractivity contribution in [1.82, 2.24) is 9.62 Å². The summed E-state index contributed by atoms with van der Waals surface area (Å²) >= 11 is 0. The number of carbonyl (C=O) groups is 1. The number of morpholine rings is 1. The molecule has 148 valence electrons. The van der Waals surface area contributed by atoms with Gasteiger partial charge in [-0.05, 0) is 31.0 Å². The smallest absolute Gasteiger partial charge is 0.243 e. The van der Waals surface area contributed by atoms with Crippen molar-refractivity contribution in [2.75, 3.05) is 38.2 Å². The topological polar surface area (TPSA) is 112 Å². The zero-order valence-electron chi connectivity index (χ0n) is 15.9. The van der Waals surface area contributed by atoms with Gasteiger partial charge in [0.05, 0.1) is 30.7 Å². The lowest BCUT2D eigenvalue weighted by Gasteiger charge is -2.27. The molecule has 9 heteroatoms. The van der Waals surface area contributed by atoms with Gasteiger partial charge in [0.25, 0.3) is 0 Å². The number of anilines is 1. The predicted octanol–water partition coefficient (Wildman–Crippen LogP) is 1.17. The number of hydrogen-bond donors (Lipinski definition) is 2. The number of amides is 1. The SMILES string of the molecule is CC(C)C(C)(C#N)NC(=O)CNc1cccc(S(=O)(=O)N2CCOCC2)c1. The molecule has 8 nitrogen and oxygen atoms in total. The molecule has 2 rings (SSSR count). The van der Waals surface area contributed by atoms with Crippen LogP contribution in [0.5, 0.6) is 0 Å². The molecular formula is C18H26N4O4S. The van der Waals surface area contributed by atoms with Gasteiger partial charge < -0.3 is 15.4 Å². The monoisotopic (exact) mass is 394 g/mol. The second-order valence-electron chi connectivity index (χ2n) is 6.91. The van der Waals surface area contributed by atoms with Gasteiger partial charge in [0, 0.05) is 18.8 Å². The Hall–Kier alpha value is -2.15. The Morgan fingerprint density at radius 1 is 1.37 bits per heavy atom. The van der Waals surface area contributed by atoms with Crippen LogP contribution in [0.4, 0.5) is 5.69 Å². The molecule has 2 N–H and O–H groups in total. The Morgan fingerprint density at radius 2 is 2.04 bits per heavy atom. The summed E-state index contributed by atoms with van der Waals surface area (Å²) in [6, 6.07) is 8.47. The fraction of sp³-hybridized carbons (Fsp3) is 0.556. The molecule has 0 saturated carbocycles.